The normalized spacial score (nSPS) is 27.1. The number of benzene rings is 1. The first-order chi connectivity index (χ1) is 6.77. The molecule has 0 unspecified atom stereocenters. The molecule has 1 heteroatoms. The number of hydrogen-bond donors (Lipinski definition) is 1. The molecule has 1 N–H and O–H groups in total. The molecule has 0 radical (unpaired) electrons. The van der Waals surface area contributed by atoms with Gasteiger partial charge in [-0.2, -0.15) is 0 Å². The summed E-state index contributed by atoms with van der Waals surface area (Å²) in [6.45, 7) is 4.59. The first kappa shape index (κ1) is 9.72. The number of rotatable bonds is 2. The second-order valence-electron chi connectivity index (χ2n) is 4.56. The summed E-state index contributed by atoms with van der Waals surface area (Å²) < 4.78 is 0. The molecule has 1 aliphatic rings. The van der Waals surface area contributed by atoms with Crippen LogP contribution in [-0.2, 0) is 0 Å². The summed E-state index contributed by atoms with van der Waals surface area (Å²) in [6, 6.07) is 12.1. The molecule has 2 atom stereocenters. The molecule has 0 spiro atoms. The summed E-state index contributed by atoms with van der Waals surface area (Å²) in [5.74, 6) is 0.753. The SMILES string of the molecule is CC(C)[C@H]1CC[C@@H](c2ccccc2)N1. The Morgan fingerprint density at radius 2 is 1.86 bits per heavy atom. The first-order valence-corrected chi connectivity index (χ1v) is 5.58. The molecule has 1 aliphatic heterocycles. The number of hydrogen-bond acceptors (Lipinski definition) is 1. The fourth-order valence-corrected chi connectivity index (χ4v) is 2.25. The summed E-state index contributed by atoms with van der Waals surface area (Å²) in [5.41, 5.74) is 1.44. The molecular weight excluding hydrogens is 170 g/mol. The Hall–Kier alpha value is -0.820. The molecule has 1 heterocycles. The topological polar surface area (TPSA) is 12.0 Å². The Morgan fingerprint density at radius 3 is 2.43 bits per heavy atom. The molecular formula is C13H19N. The highest BCUT2D eigenvalue weighted by Crippen LogP contribution is 2.28. The molecule has 0 saturated carbocycles. The zero-order valence-corrected chi connectivity index (χ0v) is 9.03. The molecule has 1 saturated heterocycles. The van der Waals surface area contributed by atoms with Gasteiger partial charge < -0.3 is 5.32 Å². The fourth-order valence-electron chi connectivity index (χ4n) is 2.25. The van der Waals surface area contributed by atoms with Crippen LogP contribution in [0.4, 0.5) is 0 Å². The van der Waals surface area contributed by atoms with Crippen molar-refractivity contribution in [3.05, 3.63) is 35.9 Å². The number of nitrogens with one attached hydrogen (secondary N) is 1. The third-order valence-corrected chi connectivity index (χ3v) is 3.19. The van der Waals surface area contributed by atoms with Crippen LogP contribution in [0, 0.1) is 5.92 Å². The van der Waals surface area contributed by atoms with Gasteiger partial charge in [0.25, 0.3) is 0 Å². The third kappa shape index (κ3) is 1.98. The first-order valence-electron chi connectivity index (χ1n) is 5.58. The van der Waals surface area contributed by atoms with E-state index in [1.54, 1.807) is 0 Å². The summed E-state index contributed by atoms with van der Waals surface area (Å²) in [5, 5.41) is 3.71. The highest BCUT2D eigenvalue weighted by atomic mass is 15.0. The maximum Gasteiger partial charge on any atom is 0.0323 e. The van der Waals surface area contributed by atoms with Crippen LogP contribution in [0.1, 0.15) is 38.3 Å². The predicted molar refractivity (Wildman–Crippen MR) is 60.2 cm³/mol. The van der Waals surface area contributed by atoms with Crippen molar-refractivity contribution < 1.29 is 0 Å². The van der Waals surface area contributed by atoms with Gasteiger partial charge in [-0.15, -0.1) is 0 Å². The molecule has 1 fully saturated rings. The van der Waals surface area contributed by atoms with E-state index in [1.165, 1.54) is 18.4 Å². The van der Waals surface area contributed by atoms with Gasteiger partial charge in [-0.3, -0.25) is 0 Å². The lowest BCUT2D eigenvalue weighted by atomic mass is 10.0. The minimum atomic E-state index is 0.587. The van der Waals surface area contributed by atoms with Crippen LogP contribution in [-0.4, -0.2) is 6.04 Å². The summed E-state index contributed by atoms with van der Waals surface area (Å²) in [6.07, 6.45) is 2.60. The summed E-state index contributed by atoms with van der Waals surface area (Å²) in [7, 11) is 0. The quantitative estimate of drug-likeness (QED) is 0.753. The second-order valence-corrected chi connectivity index (χ2v) is 4.56. The van der Waals surface area contributed by atoms with Crippen molar-refractivity contribution in [3.8, 4) is 0 Å². The lowest BCUT2D eigenvalue weighted by molar-refractivity contribution is 0.432. The minimum Gasteiger partial charge on any atom is -0.307 e. The molecule has 76 valence electrons. The summed E-state index contributed by atoms with van der Waals surface area (Å²) in [4.78, 5) is 0. The molecule has 2 rings (SSSR count). The van der Waals surface area contributed by atoms with Crippen LogP contribution in [0.15, 0.2) is 30.3 Å². The smallest absolute Gasteiger partial charge is 0.0323 e. The van der Waals surface area contributed by atoms with Gasteiger partial charge >= 0.3 is 0 Å². The van der Waals surface area contributed by atoms with E-state index in [0.717, 1.165) is 5.92 Å². The van der Waals surface area contributed by atoms with Gasteiger partial charge in [0.15, 0.2) is 0 Å². The van der Waals surface area contributed by atoms with Gasteiger partial charge in [0.1, 0.15) is 0 Å². The molecule has 0 aromatic heterocycles. The zero-order chi connectivity index (χ0) is 9.97. The lowest BCUT2D eigenvalue weighted by Gasteiger charge is -2.17. The lowest BCUT2D eigenvalue weighted by Crippen LogP contribution is -2.28. The Kier molecular flexibility index (Phi) is 2.87. The van der Waals surface area contributed by atoms with Crippen molar-refractivity contribution in [2.24, 2.45) is 5.92 Å². The van der Waals surface area contributed by atoms with E-state index in [1.807, 2.05) is 0 Å². The molecule has 0 aliphatic carbocycles. The molecule has 1 aromatic rings. The van der Waals surface area contributed by atoms with Crippen molar-refractivity contribution >= 4 is 0 Å². The van der Waals surface area contributed by atoms with Crippen LogP contribution >= 0.6 is 0 Å². The van der Waals surface area contributed by atoms with Crippen LogP contribution in [0.25, 0.3) is 0 Å². The molecule has 0 bridgehead atoms. The summed E-state index contributed by atoms with van der Waals surface area (Å²) >= 11 is 0. The monoisotopic (exact) mass is 189 g/mol. The molecule has 1 nitrogen and oxygen atoms in total. The fraction of sp³-hybridized carbons (Fsp3) is 0.538. The maximum absolute atomic E-state index is 3.71. The van der Waals surface area contributed by atoms with Crippen LogP contribution in [0.3, 0.4) is 0 Å². The van der Waals surface area contributed by atoms with Gasteiger partial charge in [0.2, 0.25) is 0 Å². The Bertz CT molecular complexity index is 279. The maximum atomic E-state index is 3.71. The van der Waals surface area contributed by atoms with Crippen LogP contribution < -0.4 is 5.32 Å². The Morgan fingerprint density at radius 1 is 1.14 bits per heavy atom. The van der Waals surface area contributed by atoms with Crippen molar-refractivity contribution in [2.45, 2.75) is 38.8 Å². The second kappa shape index (κ2) is 4.14. The average Bonchev–Trinajstić information content (AvgIpc) is 2.68. The van der Waals surface area contributed by atoms with E-state index in [0.29, 0.717) is 12.1 Å². The van der Waals surface area contributed by atoms with Gasteiger partial charge in [-0.1, -0.05) is 44.2 Å². The van der Waals surface area contributed by atoms with Gasteiger partial charge in [-0.25, -0.2) is 0 Å². The van der Waals surface area contributed by atoms with Crippen molar-refractivity contribution in [3.63, 3.8) is 0 Å². The van der Waals surface area contributed by atoms with Crippen molar-refractivity contribution in [2.75, 3.05) is 0 Å². The highest BCUT2D eigenvalue weighted by molar-refractivity contribution is 5.20. The van der Waals surface area contributed by atoms with E-state index < -0.39 is 0 Å². The molecule has 14 heavy (non-hydrogen) atoms. The average molecular weight is 189 g/mol. The minimum absolute atomic E-state index is 0.587. The van der Waals surface area contributed by atoms with E-state index in [9.17, 15) is 0 Å². The van der Waals surface area contributed by atoms with Gasteiger partial charge in [0.05, 0.1) is 0 Å². The largest absolute Gasteiger partial charge is 0.307 e. The van der Waals surface area contributed by atoms with E-state index in [4.69, 9.17) is 0 Å². The van der Waals surface area contributed by atoms with E-state index in [-0.39, 0.29) is 0 Å². The molecule has 0 amide bonds. The zero-order valence-electron chi connectivity index (χ0n) is 9.03. The van der Waals surface area contributed by atoms with E-state index in [2.05, 4.69) is 49.5 Å². The standard InChI is InChI=1S/C13H19N/c1-10(2)12-8-9-13(14-12)11-6-4-3-5-7-11/h3-7,10,12-14H,8-9H2,1-2H3/t12-,13+/m1/s1. The Balaban J connectivity index is 2.03. The highest BCUT2D eigenvalue weighted by Gasteiger charge is 2.26. The van der Waals surface area contributed by atoms with Gasteiger partial charge in [0, 0.05) is 12.1 Å². The predicted octanol–water partition coefficient (Wildman–Crippen LogP) is 3.14. The van der Waals surface area contributed by atoms with E-state index >= 15 is 0 Å². The third-order valence-electron chi connectivity index (χ3n) is 3.19. The van der Waals surface area contributed by atoms with Gasteiger partial charge in [-0.05, 0) is 24.3 Å². The molecule has 1 aromatic carbocycles. The van der Waals surface area contributed by atoms with Crippen LogP contribution in [0.2, 0.25) is 0 Å². The van der Waals surface area contributed by atoms with Crippen LogP contribution in [0.5, 0.6) is 0 Å². The Labute approximate surface area is 86.5 Å². The van der Waals surface area contributed by atoms with Crippen molar-refractivity contribution in [1.29, 1.82) is 0 Å². The van der Waals surface area contributed by atoms with Crippen molar-refractivity contribution in [1.82, 2.24) is 5.32 Å².